The van der Waals surface area contributed by atoms with E-state index in [2.05, 4.69) is 0 Å². The first-order valence-corrected chi connectivity index (χ1v) is 13.2. The molecule has 0 aliphatic heterocycles. The molecule has 5 heteroatoms. The minimum Gasteiger partial charge on any atom is -0.457 e. The molecule has 0 atom stereocenters. The van der Waals surface area contributed by atoms with E-state index >= 15 is 13.2 Å². The summed E-state index contributed by atoms with van der Waals surface area (Å²) >= 11 is 0. The van der Waals surface area contributed by atoms with E-state index in [9.17, 15) is 0 Å². The highest BCUT2D eigenvalue weighted by molar-refractivity contribution is 5.86. The molecule has 0 unspecified atom stereocenters. The number of benzene rings is 5. The summed E-state index contributed by atoms with van der Waals surface area (Å²) < 4.78 is 58.2. The van der Waals surface area contributed by atoms with Crippen molar-refractivity contribution in [1.82, 2.24) is 0 Å². The molecule has 0 amide bonds. The van der Waals surface area contributed by atoms with Gasteiger partial charge < -0.3 is 9.47 Å². The van der Waals surface area contributed by atoms with Crippen molar-refractivity contribution < 1.29 is 22.6 Å². The second-order valence-electron chi connectivity index (χ2n) is 10.1. The summed E-state index contributed by atoms with van der Waals surface area (Å²) in [5.41, 5.74) is 2.31. The first-order chi connectivity index (χ1) is 19.9. The Bertz CT molecular complexity index is 1690. The van der Waals surface area contributed by atoms with Crippen molar-refractivity contribution in [3.05, 3.63) is 154 Å². The van der Waals surface area contributed by atoms with E-state index in [1.807, 2.05) is 60.7 Å². The number of rotatable bonds is 7. The Morgan fingerprint density at radius 1 is 0.390 bits per heavy atom. The van der Waals surface area contributed by atoms with Gasteiger partial charge in [0.25, 0.3) is 0 Å². The minimum absolute atomic E-state index is 0.0893. The van der Waals surface area contributed by atoms with Crippen molar-refractivity contribution in [2.75, 3.05) is 0 Å². The van der Waals surface area contributed by atoms with Gasteiger partial charge >= 0.3 is 6.18 Å². The summed E-state index contributed by atoms with van der Waals surface area (Å²) in [5.74, 6) is 2.17. The molecule has 0 N–H and O–H groups in total. The maximum atomic E-state index is 15.4. The molecule has 5 aromatic carbocycles. The highest BCUT2D eigenvalue weighted by atomic mass is 19.4. The molecule has 0 saturated heterocycles. The third-order valence-corrected chi connectivity index (χ3v) is 7.68. The predicted octanol–water partition coefficient (Wildman–Crippen LogP) is 10.1. The van der Waals surface area contributed by atoms with Gasteiger partial charge in [-0.3, -0.25) is 0 Å². The summed E-state index contributed by atoms with van der Waals surface area (Å²) in [5, 5.41) is 0. The summed E-state index contributed by atoms with van der Waals surface area (Å²) in [4.78, 5) is 0. The maximum Gasteiger partial charge on any atom is 0.406 e. The molecule has 7 rings (SSSR count). The van der Waals surface area contributed by atoms with E-state index < -0.39 is 11.6 Å². The number of ether oxygens (including phenoxy) is 2. The van der Waals surface area contributed by atoms with Gasteiger partial charge in [0.05, 0.1) is 0 Å². The van der Waals surface area contributed by atoms with Crippen LogP contribution < -0.4 is 9.47 Å². The average Bonchev–Trinajstić information content (AvgIpc) is 2.94. The van der Waals surface area contributed by atoms with Crippen LogP contribution in [0.1, 0.15) is 38.9 Å². The molecule has 200 valence electrons. The number of alkyl halides is 3. The Labute approximate surface area is 235 Å². The van der Waals surface area contributed by atoms with Crippen LogP contribution in [-0.4, -0.2) is 6.18 Å². The Morgan fingerprint density at radius 3 is 1.15 bits per heavy atom. The highest BCUT2D eigenvalue weighted by Crippen LogP contribution is 2.51. The Morgan fingerprint density at radius 2 is 0.780 bits per heavy atom. The third kappa shape index (κ3) is 4.30. The summed E-state index contributed by atoms with van der Waals surface area (Å²) in [6.07, 6.45) is 3.34. The van der Waals surface area contributed by atoms with Crippen molar-refractivity contribution in [2.24, 2.45) is 0 Å². The summed E-state index contributed by atoms with van der Waals surface area (Å²) in [6, 6.07) is 31.8. The molecule has 0 heterocycles. The lowest BCUT2D eigenvalue weighted by Gasteiger charge is -2.37. The first kappa shape index (κ1) is 25.0. The fourth-order valence-electron chi connectivity index (χ4n) is 5.49. The standard InChI is InChI=1S/C36H23F3O2/c37-36(38,39)35(28-4-2-1-3-5-28,29-12-18-31(19-13-29)40-33-16-10-24-6-8-26(24)22-33)30-14-20-32(21-15-30)41-34-17-11-25-7-9-27(25)23-34/h1-23H. The maximum absolute atomic E-state index is 15.4. The lowest BCUT2D eigenvalue weighted by molar-refractivity contribution is -0.166. The van der Waals surface area contributed by atoms with E-state index in [1.54, 1.807) is 42.5 Å². The van der Waals surface area contributed by atoms with Gasteiger partial charge in [-0.05, 0) is 87.5 Å². The Hall–Kier alpha value is -5.03. The van der Waals surface area contributed by atoms with Gasteiger partial charge in [-0.15, -0.1) is 0 Å². The second-order valence-corrected chi connectivity index (χ2v) is 10.1. The predicted molar refractivity (Wildman–Crippen MR) is 156 cm³/mol. The van der Waals surface area contributed by atoms with E-state index in [0.717, 1.165) is 22.3 Å². The van der Waals surface area contributed by atoms with Gasteiger partial charge in [-0.1, -0.05) is 91.0 Å². The molecule has 0 aromatic heterocycles. The molecule has 0 fully saturated rings. The van der Waals surface area contributed by atoms with E-state index in [1.165, 1.54) is 36.4 Å². The SMILES string of the molecule is FC(F)(F)C(c1ccccc1)(c1ccc(Oc2ccc3c(c2)C=C3)cc1)c1ccc(Oc2ccc3c(c2)C=C3)cc1. The zero-order valence-corrected chi connectivity index (χ0v) is 21.7. The van der Waals surface area contributed by atoms with Gasteiger partial charge in [-0.25, -0.2) is 0 Å². The van der Waals surface area contributed by atoms with Crippen molar-refractivity contribution >= 4 is 24.3 Å². The number of fused-ring (bicyclic) bond motifs is 2. The van der Waals surface area contributed by atoms with Crippen LogP contribution in [0.25, 0.3) is 24.3 Å². The lowest BCUT2D eigenvalue weighted by Crippen LogP contribution is -2.44. The Kier molecular flexibility index (Phi) is 5.82. The average molecular weight is 545 g/mol. The lowest BCUT2D eigenvalue weighted by atomic mass is 9.69. The molecule has 0 spiro atoms. The topological polar surface area (TPSA) is 18.5 Å². The van der Waals surface area contributed by atoms with Gasteiger partial charge in [0.2, 0.25) is 0 Å². The van der Waals surface area contributed by atoms with Crippen LogP contribution in [-0.2, 0) is 5.41 Å². The van der Waals surface area contributed by atoms with Crippen molar-refractivity contribution in [3.8, 4) is 23.0 Å². The van der Waals surface area contributed by atoms with Crippen LogP contribution in [0, 0.1) is 0 Å². The zero-order valence-electron chi connectivity index (χ0n) is 21.7. The molecule has 0 radical (unpaired) electrons. The largest absolute Gasteiger partial charge is 0.457 e. The fraction of sp³-hybridized carbons (Fsp3) is 0.0556. The van der Waals surface area contributed by atoms with Gasteiger partial charge in [0.1, 0.15) is 28.4 Å². The summed E-state index contributed by atoms with van der Waals surface area (Å²) in [7, 11) is 0. The van der Waals surface area contributed by atoms with Crippen molar-refractivity contribution in [2.45, 2.75) is 11.6 Å². The normalized spacial score (nSPS) is 13.0. The van der Waals surface area contributed by atoms with Crippen LogP contribution in [0.5, 0.6) is 23.0 Å². The number of hydrogen-bond donors (Lipinski definition) is 0. The molecule has 2 aliphatic rings. The monoisotopic (exact) mass is 544 g/mol. The third-order valence-electron chi connectivity index (χ3n) is 7.68. The molecule has 0 saturated carbocycles. The molecule has 0 bridgehead atoms. The zero-order chi connectivity index (χ0) is 28.0. The number of halogens is 3. The van der Waals surface area contributed by atoms with Crippen LogP contribution in [0.3, 0.4) is 0 Å². The minimum atomic E-state index is -4.65. The van der Waals surface area contributed by atoms with Crippen LogP contribution in [0.4, 0.5) is 13.2 Å². The molecular formula is C36H23F3O2. The number of hydrogen-bond acceptors (Lipinski definition) is 2. The quantitative estimate of drug-likeness (QED) is 0.186. The molecular weight excluding hydrogens is 521 g/mol. The first-order valence-electron chi connectivity index (χ1n) is 13.2. The van der Waals surface area contributed by atoms with Crippen molar-refractivity contribution in [3.63, 3.8) is 0 Å². The van der Waals surface area contributed by atoms with Gasteiger partial charge in [0.15, 0.2) is 0 Å². The second kappa shape index (κ2) is 9.56. The van der Waals surface area contributed by atoms with E-state index in [0.29, 0.717) is 23.0 Å². The molecule has 2 aliphatic carbocycles. The van der Waals surface area contributed by atoms with Gasteiger partial charge in [-0.2, -0.15) is 13.2 Å². The molecule has 5 aromatic rings. The molecule has 2 nitrogen and oxygen atoms in total. The molecule has 41 heavy (non-hydrogen) atoms. The van der Waals surface area contributed by atoms with Crippen LogP contribution in [0.15, 0.2) is 115 Å². The highest BCUT2D eigenvalue weighted by Gasteiger charge is 2.58. The Balaban J connectivity index is 1.25. The van der Waals surface area contributed by atoms with Crippen LogP contribution >= 0.6 is 0 Å². The fourth-order valence-corrected chi connectivity index (χ4v) is 5.49. The van der Waals surface area contributed by atoms with Crippen molar-refractivity contribution in [1.29, 1.82) is 0 Å². The van der Waals surface area contributed by atoms with Crippen LogP contribution in [0.2, 0.25) is 0 Å². The smallest absolute Gasteiger partial charge is 0.406 e. The summed E-state index contributed by atoms with van der Waals surface area (Å²) in [6.45, 7) is 0. The van der Waals surface area contributed by atoms with E-state index in [4.69, 9.17) is 9.47 Å². The van der Waals surface area contributed by atoms with Gasteiger partial charge in [0, 0.05) is 0 Å². The van der Waals surface area contributed by atoms with E-state index in [-0.39, 0.29) is 16.7 Å².